The molecule has 0 aromatic carbocycles. The van der Waals surface area contributed by atoms with Gasteiger partial charge in [-0.05, 0) is 25.0 Å². The first-order chi connectivity index (χ1) is 10.0. The van der Waals surface area contributed by atoms with Gasteiger partial charge in [0.25, 0.3) is 0 Å². The minimum atomic E-state index is -1.18. The van der Waals surface area contributed by atoms with Gasteiger partial charge in [-0.1, -0.05) is 6.42 Å². The Morgan fingerprint density at radius 2 is 2.00 bits per heavy atom. The number of nitrogens with one attached hydrogen (secondary N) is 2. The van der Waals surface area contributed by atoms with E-state index < -0.39 is 5.97 Å². The third-order valence-corrected chi connectivity index (χ3v) is 2.74. The Labute approximate surface area is 122 Å². The van der Waals surface area contributed by atoms with E-state index in [0.29, 0.717) is 19.4 Å². The molecule has 0 saturated carbocycles. The van der Waals surface area contributed by atoms with E-state index in [-0.39, 0.29) is 23.2 Å². The lowest BCUT2D eigenvalue weighted by atomic mass is 10.2. The summed E-state index contributed by atoms with van der Waals surface area (Å²) in [6, 6.07) is 3.07. The lowest BCUT2D eigenvalue weighted by Gasteiger charge is -2.07. The van der Waals surface area contributed by atoms with E-state index in [1.807, 2.05) is 0 Å². The number of carboxylic acids is 1. The number of hydrogen-bond donors (Lipinski definition) is 3. The highest BCUT2D eigenvalue weighted by molar-refractivity contribution is 5.98. The molecule has 0 saturated heterocycles. The van der Waals surface area contributed by atoms with Crippen molar-refractivity contribution in [2.24, 2.45) is 0 Å². The first-order valence-corrected chi connectivity index (χ1v) is 6.73. The molecule has 21 heavy (non-hydrogen) atoms. The quantitative estimate of drug-likeness (QED) is 0.628. The molecule has 0 radical (unpaired) electrons. The molecule has 0 aliphatic heterocycles. The second-order valence-electron chi connectivity index (χ2n) is 4.55. The van der Waals surface area contributed by atoms with Gasteiger partial charge in [-0.25, -0.2) is 9.78 Å². The highest BCUT2D eigenvalue weighted by atomic mass is 16.4. The molecule has 0 aliphatic carbocycles. The van der Waals surface area contributed by atoms with Crippen molar-refractivity contribution in [2.75, 3.05) is 11.9 Å². The third-order valence-electron chi connectivity index (χ3n) is 2.74. The molecule has 0 unspecified atom stereocenters. The first-order valence-electron chi connectivity index (χ1n) is 6.73. The van der Waals surface area contributed by atoms with Crippen LogP contribution in [0.2, 0.25) is 0 Å². The zero-order chi connectivity index (χ0) is 15.7. The molecule has 0 atom stereocenters. The molecule has 0 fully saturated rings. The van der Waals surface area contributed by atoms with Crippen LogP contribution in [-0.4, -0.2) is 34.4 Å². The third kappa shape index (κ3) is 6.51. The number of aromatic nitrogens is 1. The smallest absolute Gasteiger partial charge is 0.356 e. The maximum Gasteiger partial charge on any atom is 0.356 e. The lowest BCUT2D eigenvalue weighted by Crippen LogP contribution is -2.20. The topological polar surface area (TPSA) is 108 Å². The number of hydrogen-bond acceptors (Lipinski definition) is 4. The number of carboxylic acid groups (broad SMARTS) is 1. The van der Waals surface area contributed by atoms with Gasteiger partial charge in [0, 0.05) is 26.1 Å². The Kier molecular flexibility index (Phi) is 6.86. The predicted octanol–water partition coefficient (Wildman–Crippen LogP) is 1.41. The second kappa shape index (κ2) is 8.68. The van der Waals surface area contributed by atoms with Crippen LogP contribution in [0.3, 0.4) is 0 Å². The Morgan fingerprint density at radius 3 is 2.67 bits per heavy atom. The number of unbranched alkanes of at least 4 members (excludes halogenated alkanes) is 2. The fourth-order valence-corrected chi connectivity index (χ4v) is 1.74. The molecule has 7 nitrogen and oxygen atoms in total. The van der Waals surface area contributed by atoms with E-state index in [1.54, 1.807) is 6.07 Å². The van der Waals surface area contributed by atoms with E-state index in [2.05, 4.69) is 15.6 Å². The van der Waals surface area contributed by atoms with Gasteiger partial charge in [-0.15, -0.1) is 0 Å². The normalized spacial score (nSPS) is 9.95. The summed E-state index contributed by atoms with van der Waals surface area (Å²) < 4.78 is 0. The summed E-state index contributed by atoms with van der Waals surface area (Å²) in [5.41, 5.74) is 0.0322. The number of nitrogens with zero attached hydrogens (tertiary/aromatic N) is 1. The molecule has 1 aromatic heterocycles. The number of carbonyl (C=O) groups excluding carboxylic acids is 2. The van der Waals surface area contributed by atoms with Gasteiger partial charge in [-0.3, -0.25) is 9.59 Å². The van der Waals surface area contributed by atoms with Crippen LogP contribution in [0.25, 0.3) is 0 Å². The number of pyridine rings is 1. The van der Waals surface area contributed by atoms with Gasteiger partial charge in [0.2, 0.25) is 11.8 Å². The number of rotatable bonds is 8. The summed E-state index contributed by atoms with van der Waals surface area (Å²) in [4.78, 5) is 37.0. The van der Waals surface area contributed by atoms with Crippen molar-refractivity contribution in [2.45, 2.75) is 32.6 Å². The molecule has 1 rings (SSSR count). The van der Waals surface area contributed by atoms with Gasteiger partial charge < -0.3 is 15.7 Å². The van der Waals surface area contributed by atoms with Gasteiger partial charge in [-0.2, -0.15) is 0 Å². The average molecular weight is 293 g/mol. The summed E-state index contributed by atoms with van der Waals surface area (Å²) in [6.07, 6.45) is 3.95. The van der Waals surface area contributed by atoms with E-state index in [9.17, 15) is 14.4 Å². The van der Waals surface area contributed by atoms with Crippen molar-refractivity contribution in [1.29, 1.82) is 0 Å². The summed E-state index contributed by atoms with van der Waals surface area (Å²) in [6.45, 7) is 2.06. The first kappa shape index (κ1) is 16.6. The molecule has 1 aromatic rings. The zero-order valence-corrected chi connectivity index (χ0v) is 11.9. The number of aromatic carboxylic acids is 1. The van der Waals surface area contributed by atoms with Gasteiger partial charge in [0.15, 0.2) is 5.69 Å². The number of carbonyl (C=O) groups is 3. The SMILES string of the molecule is CC(=O)NCCCCCC(=O)Nc1cccnc1C(=O)O. The molecule has 114 valence electrons. The van der Waals surface area contributed by atoms with Crippen LogP contribution in [-0.2, 0) is 9.59 Å². The predicted molar refractivity (Wildman–Crippen MR) is 77.0 cm³/mol. The van der Waals surface area contributed by atoms with Crippen LogP contribution >= 0.6 is 0 Å². The van der Waals surface area contributed by atoms with Crippen LogP contribution in [0.1, 0.15) is 43.1 Å². The van der Waals surface area contributed by atoms with Crippen molar-refractivity contribution in [1.82, 2.24) is 10.3 Å². The maximum absolute atomic E-state index is 11.7. The molecule has 7 heteroatoms. The maximum atomic E-state index is 11.7. The Bertz CT molecular complexity index is 517. The van der Waals surface area contributed by atoms with Crippen molar-refractivity contribution < 1.29 is 19.5 Å². The highest BCUT2D eigenvalue weighted by Gasteiger charge is 2.12. The fraction of sp³-hybridized carbons (Fsp3) is 0.429. The summed E-state index contributed by atoms with van der Waals surface area (Å²) in [7, 11) is 0. The van der Waals surface area contributed by atoms with Gasteiger partial charge in [0.05, 0.1) is 5.69 Å². The van der Waals surface area contributed by atoms with E-state index in [4.69, 9.17) is 5.11 Å². The molecule has 2 amide bonds. The van der Waals surface area contributed by atoms with Crippen molar-refractivity contribution in [3.8, 4) is 0 Å². The summed E-state index contributed by atoms with van der Waals surface area (Å²) in [5, 5.41) is 14.2. The monoisotopic (exact) mass is 293 g/mol. The largest absolute Gasteiger partial charge is 0.476 e. The van der Waals surface area contributed by atoms with Crippen LogP contribution in [0.15, 0.2) is 18.3 Å². The van der Waals surface area contributed by atoms with Crippen molar-refractivity contribution in [3.05, 3.63) is 24.0 Å². The van der Waals surface area contributed by atoms with Gasteiger partial charge >= 0.3 is 5.97 Å². The summed E-state index contributed by atoms with van der Waals surface area (Å²) >= 11 is 0. The molecule has 1 heterocycles. The number of amides is 2. The van der Waals surface area contributed by atoms with Crippen LogP contribution in [0, 0.1) is 0 Å². The standard InChI is InChI=1S/C14H19N3O4/c1-10(18)15-8-4-2-3-7-12(19)17-11-6-5-9-16-13(11)14(20)21/h5-6,9H,2-4,7-8H2,1H3,(H,15,18)(H,17,19)(H,20,21). The van der Waals surface area contributed by atoms with Crippen molar-refractivity contribution in [3.63, 3.8) is 0 Å². The Balaban J connectivity index is 2.31. The summed E-state index contributed by atoms with van der Waals surface area (Å²) in [5.74, 6) is -1.49. The zero-order valence-electron chi connectivity index (χ0n) is 11.9. The van der Waals surface area contributed by atoms with Crippen molar-refractivity contribution >= 4 is 23.5 Å². The second-order valence-corrected chi connectivity index (χ2v) is 4.55. The molecule has 3 N–H and O–H groups in total. The fourth-order valence-electron chi connectivity index (χ4n) is 1.74. The van der Waals surface area contributed by atoms with Crippen LogP contribution in [0.5, 0.6) is 0 Å². The molecule has 0 aliphatic rings. The molecular weight excluding hydrogens is 274 g/mol. The van der Waals surface area contributed by atoms with E-state index >= 15 is 0 Å². The highest BCUT2D eigenvalue weighted by Crippen LogP contribution is 2.13. The molecule has 0 bridgehead atoms. The molecular formula is C14H19N3O4. The van der Waals surface area contributed by atoms with Crippen LogP contribution in [0.4, 0.5) is 5.69 Å². The van der Waals surface area contributed by atoms with Crippen LogP contribution < -0.4 is 10.6 Å². The average Bonchev–Trinajstić information content (AvgIpc) is 2.42. The van der Waals surface area contributed by atoms with E-state index in [0.717, 1.165) is 12.8 Å². The molecule has 0 spiro atoms. The lowest BCUT2D eigenvalue weighted by molar-refractivity contribution is -0.119. The number of anilines is 1. The minimum Gasteiger partial charge on any atom is -0.476 e. The Hall–Kier alpha value is -2.44. The van der Waals surface area contributed by atoms with Gasteiger partial charge in [0.1, 0.15) is 0 Å². The van der Waals surface area contributed by atoms with E-state index in [1.165, 1.54) is 19.2 Å². The Morgan fingerprint density at radius 1 is 1.24 bits per heavy atom. The minimum absolute atomic E-state index is 0.0643.